The van der Waals surface area contributed by atoms with Crippen LogP contribution in [0.5, 0.6) is 0 Å². The number of aromatic nitrogens is 2. The van der Waals surface area contributed by atoms with E-state index in [9.17, 15) is 8.42 Å². The van der Waals surface area contributed by atoms with Gasteiger partial charge in [-0.3, -0.25) is 5.01 Å². The van der Waals surface area contributed by atoms with Gasteiger partial charge in [-0.15, -0.1) is 0 Å². The van der Waals surface area contributed by atoms with Crippen molar-refractivity contribution < 1.29 is 8.42 Å². The molecule has 1 N–H and O–H groups in total. The zero-order valence-corrected chi connectivity index (χ0v) is 22.1. The maximum Gasteiger partial charge on any atom is 0.243 e. The zero-order valence-electron chi connectivity index (χ0n) is 18.2. The van der Waals surface area contributed by atoms with E-state index in [0.29, 0.717) is 49.5 Å². The monoisotopic (exact) mass is 565 g/mol. The van der Waals surface area contributed by atoms with Crippen LogP contribution in [0, 0.1) is 6.92 Å². The molecule has 0 aliphatic carbocycles. The fourth-order valence-electron chi connectivity index (χ4n) is 4.03. The molecule has 0 amide bonds. The molecule has 1 atom stereocenters. The highest BCUT2D eigenvalue weighted by Gasteiger charge is 2.31. The van der Waals surface area contributed by atoms with E-state index in [-0.39, 0.29) is 17.5 Å². The summed E-state index contributed by atoms with van der Waals surface area (Å²) < 4.78 is 37.6. The molecule has 180 valence electrons. The van der Waals surface area contributed by atoms with Gasteiger partial charge in [0.25, 0.3) is 0 Å². The van der Waals surface area contributed by atoms with Crippen molar-refractivity contribution in [2.24, 2.45) is 5.10 Å². The number of nitrogens with zero attached hydrogens (tertiary/aromatic N) is 4. The average Bonchev–Trinajstić information content (AvgIpc) is 3.45. The lowest BCUT2D eigenvalue weighted by molar-refractivity contribution is 0.586. The summed E-state index contributed by atoms with van der Waals surface area (Å²) in [5.41, 5.74) is 3.80. The van der Waals surface area contributed by atoms with Gasteiger partial charge >= 0.3 is 0 Å². The number of benzene rings is 3. The molecule has 7 nitrogen and oxygen atoms in total. The number of nitrogens with one attached hydrogen (secondary N) is 1. The Labute approximate surface area is 221 Å². The van der Waals surface area contributed by atoms with Crippen LogP contribution in [-0.2, 0) is 10.0 Å². The Bertz CT molecular complexity index is 1560. The highest BCUT2D eigenvalue weighted by atomic mass is 35.5. The molecule has 0 spiro atoms. The first-order valence-corrected chi connectivity index (χ1v) is 13.9. The summed E-state index contributed by atoms with van der Waals surface area (Å²) in [6.45, 7) is 1.77. The number of sulfonamides is 1. The molecule has 0 saturated heterocycles. The highest BCUT2D eigenvalue weighted by molar-refractivity contribution is 7.89. The number of hydrogen-bond acceptors (Lipinski definition) is 7. The minimum atomic E-state index is -3.86. The summed E-state index contributed by atoms with van der Waals surface area (Å²) in [6, 6.07) is 15.9. The van der Waals surface area contributed by atoms with E-state index >= 15 is 0 Å². The lowest BCUT2D eigenvalue weighted by Crippen LogP contribution is -2.30. The fraction of sp³-hybridized carbons (Fsp3) is 0.174. The molecule has 0 fully saturated rings. The molecule has 12 heteroatoms. The van der Waals surface area contributed by atoms with E-state index in [4.69, 9.17) is 39.9 Å². The van der Waals surface area contributed by atoms with Crippen LogP contribution in [0.1, 0.15) is 23.6 Å². The van der Waals surface area contributed by atoms with Gasteiger partial charge in [0.15, 0.2) is 0 Å². The number of anilines is 1. The second-order valence-electron chi connectivity index (χ2n) is 8.05. The quantitative estimate of drug-likeness (QED) is 0.298. The number of fused-ring (bicyclic) bond motifs is 1. The van der Waals surface area contributed by atoms with Gasteiger partial charge in [-0.25, -0.2) is 13.1 Å². The number of halogens is 3. The minimum Gasteiger partial charge on any atom is -0.256 e. The van der Waals surface area contributed by atoms with Crippen LogP contribution in [0.15, 0.2) is 64.6 Å². The molecule has 2 heterocycles. The number of hydrazone groups is 1. The van der Waals surface area contributed by atoms with Gasteiger partial charge in [0.1, 0.15) is 15.9 Å². The van der Waals surface area contributed by atoms with Gasteiger partial charge in [0.05, 0.1) is 40.7 Å². The molecule has 4 aromatic rings. The summed E-state index contributed by atoms with van der Waals surface area (Å²) in [7, 11) is -3.86. The highest BCUT2D eigenvalue weighted by Crippen LogP contribution is 2.40. The third-order valence-electron chi connectivity index (χ3n) is 5.70. The van der Waals surface area contributed by atoms with E-state index in [1.54, 1.807) is 42.3 Å². The molecular weight excluding hydrogens is 549 g/mol. The van der Waals surface area contributed by atoms with E-state index in [1.807, 2.05) is 24.3 Å². The Kier molecular flexibility index (Phi) is 6.73. The Morgan fingerprint density at radius 1 is 1.03 bits per heavy atom. The summed E-state index contributed by atoms with van der Waals surface area (Å²) >= 11 is 19.6. The zero-order chi connectivity index (χ0) is 24.7. The normalized spacial score (nSPS) is 16.2. The second kappa shape index (κ2) is 9.65. The van der Waals surface area contributed by atoms with Crippen LogP contribution < -0.4 is 9.73 Å². The van der Waals surface area contributed by atoms with Crippen LogP contribution in [0.4, 0.5) is 5.69 Å². The van der Waals surface area contributed by atoms with Crippen molar-refractivity contribution in [1.82, 2.24) is 13.5 Å². The second-order valence-corrected chi connectivity index (χ2v) is 11.6. The summed E-state index contributed by atoms with van der Waals surface area (Å²) in [6.07, 6.45) is 0.491. The van der Waals surface area contributed by atoms with Crippen molar-refractivity contribution in [3.05, 3.63) is 80.8 Å². The molecular formula is C23H18Cl3N5O2S2. The standard InChI is InChI=1S/C23H18Cl3N5O2S2/c1-13-2-8-19-22(30-34-29-19)23(13)35(32,33)27-12-17-11-21(14-3-5-15(24)6-4-14)31(28-17)20-9-7-16(25)10-18(20)26/h2-10,21,27H,11-12H2,1H3. The molecule has 1 aliphatic rings. The van der Waals surface area contributed by atoms with Crippen molar-refractivity contribution in [3.63, 3.8) is 0 Å². The SMILES string of the molecule is Cc1ccc2nsnc2c1S(=O)(=O)NCC1=NN(c2ccc(Cl)cc2Cl)C(c2ccc(Cl)cc2)C1. The molecule has 0 radical (unpaired) electrons. The molecule has 3 aromatic carbocycles. The molecule has 1 unspecified atom stereocenters. The maximum absolute atomic E-state index is 13.3. The Morgan fingerprint density at radius 2 is 1.77 bits per heavy atom. The molecule has 1 aromatic heterocycles. The molecule has 0 saturated carbocycles. The molecule has 0 bridgehead atoms. The van der Waals surface area contributed by atoms with Crippen molar-refractivity contribution in [2.75, 3.05) is 11.6 Å². The van der Waals surface area contributed by atoms with Gasteiger partial charge in [-0.1, -0.05) is 53.0 Å². The van der Waals surface area contributed by atoms with Crippen molar-refractivity contribution in [2.45, 2.75) is 24.3 Å². The predicted octanol–water partition coefficient (Wildman–Crippen LogP) is 6.25. The molecule has 5 rings (SSSR count). The Morgan fingerprint density at radius 3 is 2.51 bits per heavy atom. The van der Waals surface area contributed by atoms with Crippen LogP contribution in [0.25, 0.3) is 11.0 Å². The van der Waals surface area contributed by atoms with Crippen LogP contribution in [0.2, 0.25) is 15.1 Å². The average molecular weight is 567 g/mol. The summed E-state index contributed by atoms with van der Waals surface area (Å²) in [5, 5.41) is 8.11. The maximum atomic E-state index is 13.3. The third kappa shape index (κ3) is 4.89. The van der Waals surface area contributed by atoms with Gasteiger partial charge in [-0.2, -0.15) is 13.8 Å². The Hall–Kier alpha value is -2.27. The topological polar surface area (TPSA) is 87.5 Å². The van der Waals surface area contributed by atoms with Gasteiger partial charge in [0, 0.05) is 16.5 Å². The first kappa shape index (κ1) is 24.4. The van der Waals surface area contributed by atoms with E-state index in [2.05, 4.69) is 13.5 Å². The van der Waals surface area contributed by atoms with Crippen LogP contribution in [0.3, 0.4) is 0 Å². The van der Waals surface area contributed by atoms with Gasteiger partial charge in [0.2, 0.25) is 10.0 Å². The lowest BCUT2D eigenvalue weighted by Gasteiger charge is -2.25. The van der Waals surface area contributed by atoms with Crippen molar-refractivity contribution in [1.29, 1.82) is 0 Å². The summed E-state index contributed by atoms with van der Waals surface area (Å²) in [4.78, 5) is 0.134. The Balaban J connectivity index is 1.46. The van der Waals surface area contributed by atoms with E-state index in [0.717, 1.165) is 17.3 Å². The predicted molar refractivity (Wildman–Crippen MR) is 143 cm³/mol. The van der Waals surface area contributed by atoms with Crippen molar-refractivity contribution >= 4 is 79.0 Å². The largest absolute Gasteiger partial charge is 0.256 e. The van der Waals surface area contributed by atoms with E-state index < -0.39 is 10.0 Å². The number of aryl methyl sites for hydroxylation is 1. The van der Waals surface area contributed by atoms with Crippen molar-refractivity contribution in [3.8, 4) is 0 Å². The number of hydrogen-bond donors (Lipinski definition) is 1. The van der Waals surface area contributed by atoms with E-state index in [1.165, 1.54) is 0 Å². The lowest BCUT2D eigenvalue weighted by atomic mass is 10.0. The first-order chi connectivity index (χ1) is 16.7. The van der Waals surface area contributed by atoms with Crippen LogP contribution in [-0.4, -0.2) is 29.4 Å². The third-order valence-corrected chi connectivity index (χ3v) is 8.61. The fourth-order valence-corrected chi connectivity index (χ4v) is 6.65. The number of rotatable bonds is 6. The van der Waals surface area contributed by atoms with Gasteiger partial charge < -0.3 is 0 Å². The summed E-state index contributed by atoms with van der Waals surface area (Å²) in [5.74, 6) is 0. The first-order valence-electron chi connectivity index (χ1n) is 10.5. The molecule has 1 aliphatic heterocycles. The van der Waals surface area contributed by atoms with Gasteiger partial charge in [-0.05, 0) is 54.4 Å². The minimum absolute atomic E-state index is 0.0293. The molecule has 35 heavy (non-hydrogen) atoms. The smallest absolute Gasteiger partial charge is 0.243 e. The van der Waals surface area contributed by atoms with Crippen LogP contribution >= 0.6 is 46.5 Å².